The lowest BCUT2D eigenvalue weighted by molar-refractivity contribution is -0.137. The Kier molecular flexibility index (Phi) is 4.44. The highest BCUT2D eigenvalue weighted by Crippen LogP contribution is 2.33. The van der Waals surface area contributed by atoms with Gasteiger partial charge in [0.25, 0.3) is 0 Å². The molecule has 4 heterocycles. The predicted molar refractivity (Wildman–Crippen MR) is 97.5 cm³/mol. The molecular weight excluding hydrogens is 421 g/mol. The number of imidazole rings is 1. The second kappa shape index (κ2) is 6.95. The van der Waals surface area contributed by atoms with Gasteiger partial charge < -0.3 is 20.1 Å². The van der Waals surface area contributed by atoms with Gasteiger partial charge in [-0.25, -0.2) is 9.97 Å². The van der Waals surface area contributed by atoms with Crippen LogP contribution in [-0.2, 0) is 10.9 Å². The Morgan fingerprint density at radius 3 is 2.35 bits per heavy atom. The molecule has 10 nitrogen and oxygen atoms in total. The molecule has 0 bridgehead atoms. The Balaban J connectivity index is 1.55. The zero-order valence-corrected chi connectivity index (χ0v) is 15.5. The largest absolute Gasteiger partial charge is 0.416 e. The zero-order chi connectivity index (χ0) is 21.9. The van der Waals surface area contributed by atoms with Crippen LogP contribution in [0.1, 0.15) is 11.8 Å². The van der Waals surface area contributed by atoms with Crippen molar-refractivity contribution in [3.05, 3.63) is 42.5 Å². The summed E-state index contributed by atoms with van der Waals surface area (Å²) in [7, 11) is 0. The summed E-state index contributed by atoms with van der Waals surface area (Å²) < 4.78 is 46.8. The van der Waals surface area contributed by atoms with Crippen molar-refractivity contribution >= 4 is 16.8 Å². The molecule has 0 aliphatic carbocycles. The third-order valence-corrected chi connectivity index (χ3v) is 5.23. The van der Waals surface area contributed by atoms with E-state index in [4.69, 9.17) is 4.74 Å². The van der Waals surface area contributed by atoms with E-state index in [9.17, 15) is 28.5 Å². The molecule has 0 spiro atoms. The molecule has 3 aromatic heterocycles. The Hall–Kier alpha value is -3.13. The second-order valence-corrected chi connectivity index (χ2v) is 7.09. The summed E-state index contributed by atoms with van der Waals surface area (Å²) in [5.74, 6) is 0.278. The van der Waals surface area contributed by atoms with E-state index >= 15 is 0 Å². The minimum atomic E-state index is -4.44. The Labute approximate surface area is 171 Å². The lowest BCUT2D eigenvalue weighted by Crippen LogP contribution is -2.33. The molecular formula is C18H15F3N6O4. The highest BCUT2D eigenvalue weighted by molar-refractivity contribution is 5.86. The number of ether oxygens (including phenoxy) is 1. The van der Waals surface area contributed by atoms with E-state index in [0.29, 0.717) is 16.7 Å². The van der Waals surface area contributed by atoms with Gasteiger partial charge in [-0.1, -0.05) is 12.1 Å². The maximum absolute atomic E-state index is 12.8. The van der Waals surface area contributed by atoms with Crippen molar-refractivity contribution in [3.63, 3.8) is 0 Å². The van der Waals surface area contributed by atoms with Crippen LogP contribution in [0.4, 0.5) is 13.2 Å². The number of halogens is 3. The van der Waals surface area contributed by atoms with Gasteiger partial charge in [0.05, 0.1) is 18.5 Å². The van der Waals surface area contributed by atoms with Crippen LogP contribution in [0.15, 0.2) is 36.9 Å². The van der Waals surface area contributed by atoms with Crippen LogP contribution in [0.2, 0.25) is 0 Å². The zero-order valence-electron chi connectivity index (χ0n) is 15.5. The monoisotopic (exact) mass is 436 g/mol. The molecule has 3 N–H and O–H groups in total. The summed E-state index contributed by atoms with van der Waals surface area (Å²) in [6, 6.07) is 4.50. The molecule has 1 unspecified atom stereocenters. The first-order valence-electron chi connectivity index (χ1n) is 9.16. The average Bonchev–Trinajstić information content (AvgIpc) is 3.43. The van der Waals surface area contributed by atoms with Crippen LogP contribution in [-0.4, -0.2) is 69.4 Å². The molecule has 4 aromatic rings. The van der Waals surface area contributed by atoms with E-state index in [1.807, 2.05) is 0 Å². The summed E-state index contributed by atoms with van der Waals surface area (Å²) in [4.78, 5) is 8.56. The molecule has 31 heavy (non-hydrogen) atoms. The fraction of sp³-hybridized carbons (Fsp3) is 0.333. The summed E-state index contributed by atoms with van der Waals surface area (Å²) >= 11 is 0. The minimum absolute atomic E-state index is 0.278. The summed E-state index contributed by atoms with van der Waals surface area (Å²) in [5, 5.41) is 37.7. The van der Waals surface area contributed by atoms with E-state index in [1.54, 1.807) is 0 Å². The maximum atomic E-state index is 12.8. The van der Waals surface area contributed by atoms with E-state index < -0.39 is 42.9 Å². The minimum Gasteiger partial charge on any atom is -0.394 e. The highest BCUT2D eigenvalue weighted by atomic mass is 19.4. The van der Waals surface area contributed by atoms with Gasteiger partial charge in [0.15, 0.2) is 28.9 Å². The quantitative estimate of drug-likeness (QED) is 0.429. The van der Waals surface area contributed by atoms with Crippen LogP contribution in [0.5, 0.6) is 0 Å². The molecule has 4 atom stereocenters. The van der Waals surface area contributed by atoms with E-state index in [0.717, 1.165) is 12.1 Å². The van der Waals surface area contributed by atoms with Gasteiger partial charge in [0.1, 0.15) is 24.6 Å². The van der Waals surface area contributed by atoms with Crippen LogP contribution >= 0.6 is 0 Å². The summed E-state index contributed by atoms with van der Waals surface area (Å²) in [6.45, 7) is -0.473. The summed E-state index contributed by atoms with van der Waals surface area (Å²) in [6.07, 6.45) is -6.29. The SMILES string of the molecule is OC[C@H]1O[C@@H](n2cnc3c2ncn2c(-c4ccc(C(F)(F)F)cc4)nnc32)[C@@H](O)C1O. The van der Waals surface area contributed by atoms with Crippen molar-refractivity contribution in [1.29, 1.82) is 0 Å². The van der Waals surface area contributed by atoms with Crippen LogP contribution in [0, 0.1) is 0 Å². The van der Waals surface area contributed by atoms with Crippen LogP contribution < -0.4 is 0 Å². The number of rotatable bonds is 3. The third-order valence-electron chi connectivity index (χ3n) is 5.23. The number of aliphatic hydroxyl groups is 3. The fourth-order valence-corrected chi connectivity index (χ4v) is 3.62. The first kappa shape index (κ1) is 19.8. The maximum Gasteiger partial charge on any atom is 0.416 e. The number of aliphatic hydroxyl groups excluding tert-OH is 3. The van der Waals surface area contributed by atoms with Gasteiger partial charge in [-0.05, 0) is 12.1 Å². The fourth-order valence-electron chi connectivity index (χ4n) is 3.62. The smallest absolute Gasteiger partial charge is 0.394 e. The molecule has 13 heteroatoms. The van der Waals surface area contributed by atoms with E-state index in [2.05, 4.69) is 20.2 Å². The van der Waals surface area contributed by atoms with E-state index in [-0.39, 0.29) is 11.5 Å². The molecule has 1 aliphatic heterocycles. The van der Waals surface area contributed by atoms with Gasteiger partial charge in [0, 0.05) is 5.56 Å². The average molecular weight is 436 g/mol. The molecule has 1 saturated heterocycles. The van der Waals surface area contributed by atoms with Crippen LogP contribution in [0.3, 0.4) is 0 Å². The number of hydrogen-bond donors (Lipinski definition) is 3. The van der Waals surface area contributed by atoms with Gasteiger partial charge in [0.2, 0.25) is 0 Å². The second-order valence-electron chi connectivity index (χ2n) is 7.09. The first-order chi connectivity index (χ1) is 14.8. The Morgan fingerprint density at radius 2 is 1.71 bits per heavy atom. The van der Waals surface area contributed by atoms with Crippen molar-refractivity contribution in [2.75, 3.05) is 6.61 Å². The lowest BCUT2D eigenvalue weighted by Gasteiger charge is -2.16. The molecule has 0 amide bonds. The topological polar surface area (TPSA) is 131 Å². The molecule has 5 rings (SSSR count). The number of aromatic nitrogens is 6. The van der Waals surface area contributed by atoms with Crippen LogP contribution in [0.25, 0.3) is 28.2 Å². The normalized spacial score (nSPS) is 24.5. The van der Waals surface area contributed by atoms with Gasteiger partial charge >= 0.3 is 6.18 Å². The molecule has 0 radical (unpaired) electrons. The molecule has 0 saturated carbocycles. The van der Waals surface area contributed by atoms with Crippen molar-refractivity contribution in [3.8, 4) is 11.4 Å². The lowest BCUT2D eigenvalue weighted by atomic mass is 10.1. The van der Waals surface area contributed by atoms with Crippen molar-refractivity contribution in [2.24, 2.45) is 0 Å². The molecule has 1 aromatic carbocycles. The third kappa shape index (κ3) is 3.05. The number of benzene rings is 1. The standard InChI is InChI=1S/C18H15F3N6O4/c19-18(20,21)9-3-1-8(2-4-9)14-24-25-16-11-15(23-7-26(14)16)27(6-22-11)17-13(30)12(29)10(5-28)31-17/h1-4,6-7,10,12-13,17,28-30H,5H2/t10-,12?,13+,17-/m1/s1. The predicted octanol–water partition coefficient (Wildman–Crippen LogP) is 0.771. The molecule has 1 aliphatic rings. The first-order valence-corrected chi connectivity index (χ1v) is 9.16. The molecule has 162 valence electrons. The number of hydrogen-bond acceptors (Lipinski definition) is 8. The van der Waals surface area contributed by atoms with Crippen molar-refractivity contribution in [2.45, 2.75) is 30.7 Å². The Morgan fingerprint density at radius 1 is 0.968 bits per heavy atom. The Bertz CT molecular complexity index is 1260. The van der Waals surface area contributed by atoms with Crippen molar-refractivity contribution < 1.29 is 33.2 Å². The van der Waals surface area contributed by atoms with Gasteiger partial charge in [-0.15, -0.1) is 10.2 Å². The summed E-state index contributed by atoms with van der Waals surface area (Å²) in [5.41, 5.74) is 0.525. The van der Waals surface area contributed by atoms with Crippen molar-refractivity contribution in [1.82, 2.24) is 29.1 Å². The molecule has 1 fully saturated rings. The van der Waals surface area contributed by atoms with Gasteiger partial charge in [-0.2, -0.15) is 13.2 Å². The highest BCUT2D eigenvalue weighted by Gasteiger charge is 2.44. The number of nitrogens with zero attached hydrogens (tertiary/aromatic N) is 6. The van der Waals surface area contributed by atoms with Gasteiger partial charge in [-0.3, -0.25) is 8.97 Å². The number of alkyl halides is 3. The van der Waals surface area contributed by atoms with E-state index in [1.165, 1.54) is 33.8 Å². The number of fused-ring (bicyclic) bond motifs is 3.